The molecular weight excluding hydrogens is 288 g/mol. The molecule has 0 aliphatic rings. The third kappa shape index (κ3) is 9.36. The van der Waals surface area contributed by atoms with Crippen molar-refractivity contribution in [2.75, 3.05) is 20.8 Å². The van der Waals surface area contributed by atoms with E-state index in [1.165, 1.54) is 28.1 Å². The van der Waals surface area contributed by atoms with E-state index in [1.54, 1.807) is 0 Å². The minimum Gasteiger partial charge on any atom is -0.388 e. The fourth-order valence-corrected chi connectivity index (χ4v) is 1.79. The van der Waals surface area contributed by atoms with Gasteiger partial charge in [-0.05, 0) is 20.3 Å². The summed E-state index contributed by atoms with van der Waals surface area (Å²) >= 11 is 0. The highest BCUT2D eigenvalue weighted by atomic mass is 16.7. The Hall–Kier alpha value is -0.680. The Labute approximate surface area is 133 Å². The average Bonchev–Trinajstić information content (AvgIpc) is 2.42. The summed E-state index contributed by atoms with van der Waals surface area (Å²) < 4.78 is 15.2. The highest BCUT2D eigenvalue weighted by Crippen LogP contribution is 2.19. The second kappa shape index (κ2) is 10.2. The number of methoxy groups -OCH3 is 2. The molecule has 0 aromatic rings. The molecule has 0 aliphatic heterocycles. The number of rotatable bonds is 10. The maximum Gasteiger partial charge on any atom is 0.182 e. The summed E-state index contributed by atoms with van der Waals surface area (Å²) in [4.78, 5) is 0. The molecule has 130 valence electrons. The van der Waals surface area contributed by atoms with Gasteiger partial charge in [-0.1, -0.05) is 19.3 Å². The molecule has 0 radical (unpaired) electrons. The van der Waals surface area contributed by atoms with E-state index in [0.29, 0.717) is 6.42 Å². The van der Waals surface area contributed by atoms with Crippen molar-refractivity contribution in [1.82, 2.24) is 0 Å². The molecule has 0 bridgehead atoms. The lowest BCUT2D eigenvalue weighted by Crippen LogP contribution is -2.44. The van der Waals surface area contributed by atoms with Gasteiger partial charge in [0.1, 0.15) is 6.10 Å². The topological polar surface area (TPSA) is 88.4 Å². The van der Waals surface area contributed by atoms with Gasteiger partial charge in [-0.15, -0.1) is 5.92 Å². The standard InChI is InChI=1S/C16H30O6/c1-6-7-8-9-10-16(19,12-22-15(2,3)18)11-13(17)14(20-4)21-5/h13-14,17-19H,6-8,11-12H2,1-5H3. The van der Waals surface area contributed by atoms with Crippen LogP contribution < -0.4 is 0 Å². The maximum absolute atomic E-state index is 10.6. The summed E-state index contributed by atoms with van der Waals surface area (Å²) in [5.41, 5.74) is -1.59. The normalized spacial score (nSPS) is 16.0. The third-order valence-electron chi connectivity index (χ3n) is 2.97. The first-order chi connectivity index (χ1) is 10.2. The zero-order chi connectivity index (χ0) is 17.2. The van der Waals surface area contributed by atoms with Crippen molar-refractivity contribution in [2.24, 2.45) is 0 Å². The van der Waals surface area contributed by atoms with Gasteiger partial charge in [-0.25, -0.2) is 0 Å². The number of unbranched alkanes of at least 4 members (excludes halogenated alkanes) is 2. The number of aliphatic hydroxyl groups excluding tert-OH is 1. The van der Waals surface area contributed by atoms with Gasteiger partial charge in [-0.3, -0.25) is 0 Å². The third-order valence-corrected chi connectivity index (χ3v) is 2.97. The van der Waals surface area contributed by atoms with Crippen LogP contribution in [0.25, 0.3) is 0 Å². The fourth-order valence-electron chi connectivity index (χ4n) is 1.79. The quantitative estimate of drug-likeness (QED) is 0.317. The molecule has 0 amide bonds. The van der Waals surface area contributed by atoms with Crippen molar-refractivity contribution in [3.05, 3.63) is 0 Å². The molecule has 0 aromatic carbocycles. The molecule has 22 heavy (non-hydrogen) atoms. The van der Waals surface area contributed by atoms with Crippen molar-refractivity contribution >= 4 is 0 Å². The second-order valence-electron chi connectivity index (χ2n) is 5.78. The van der Waals surface area contributed by atoms with Gasteiger partial charge >= 0.3 is 0 Å². The van der Waals surface area contributed by atoms with Crippen LogP contribution in [0.1, 0.15) is 46.5 Å². The van der Waals surface area contributed by atoms with Gasteiger partial charge in [0.25, 0.3) is 0 Å². The first-order valence-electron chi connectivity index (χ1n) is 7.50. The first kappa shape index (κ1) is 21.3. The molecule has 2 unspecified atom stereocenters. The van der Waals surface area contributed by atoms with E-state index in [-0.39, 0.29) is 13.0 Å². The SMILES string of the molecule is CCCCC#CC(O)(COC(C)(C)O)CC(O)C(OC)OC. The van der Waals surface area contributed by atoms with Crippen molar-refractivity contribution < 1.29 is 29.5 Å². The Morgan fingerprint density at radius 2 is 1.73 bits per heavy atom. The van der Waals surface area contributed by atoms with Crippen LogP contribution in [-0.2, 0) is 14.2 Å². The number of ether oxygens (including phenoxy) is 3. The van der Waals surface area contributed by atoms with Gasteiger partial charge in [0.2, 0.25) is 0 Å². The van der Waals surface area contributed by atoms with Crippen LogP contribution in [0.3, 0.4) is 0 Å². The Bertz CT molecular complexity index is 350. The number of hydrogen-bond donors (Lipinski definition) is 3. The molecule has 0 heterocycles. The predicted molar refractivity (Wildman–Crippen MR) is 82.9 cm³/mol. The Morgan fingerprint density at radius 3 is 2.18 bits per heavy atom. The molecule has 2 atom stereocenters. The molecule has 0 aliphatic carbocycles. The maximum atomic E-state index is 10.6. The first-order valence-corrected chi connectivity index (χ1v) is 7.50. The summed E-state index contributed by atoms with van der Waals surface area (Å²) in [6.07, 6.45) is 0.517. The lowest BCUT2D eigenvalue weighted by Gasteiger charge is -2.30. The smallest absolute Gasteiger partial charge is 0.182 e. The van der Waals surface area contributed by atoms with Crippen LogP contribution in [0.5, 0.6) is 0 Å². The summed E-state index contributed by atoms with van der Waals surface area (Å²) in [5, 5.41) is 30.3. The molecule has 6 nitrogen and oxygen atoms in total. The van der Waals surface area contributed by atoms with Crippen molar-refractivity contribution in [3.63, 3.8) is 0 Å². The minimum atomic E-state index is -1.59. The van der Waals surface area contributed by atoms with Gasteiger partial charge in [0.05, 0.1) is 6.61 Å². The predicted octanol–water partition coefficient (Wildman–Crippen LogP) is 1.03. The highest BCUT2D eigenvalue weighted by molar-refractivity contribution is 5.14. The molecule has 0 saturated heterocycles. The average molecular weight is 318 g/mol. The van der Waals surface area contributed by atoms with E-state index in [0.717, 1.165) is 12.8 Å². The highest BCUT2D eigenvalue weighted by Gasteiger charge is 2.34. The van der Waals surface area contributed by atoms with Gasteiger partial charge < -0.3 is 29.5 Å². The van der Waals surface area contributed by atoms with E-state index in [4.69, 9.17) is 14.2 Å². The minimum absolute atomic E-state index is 0.117. The van der Waals surface area contributed by atoms with E-state index >= 15 is 0 Å². The molecule has 0 fully saturated rings. The van der Waals surface area contributed by atoms with E-state index in [2.05, 4.69) is 18.8 Å². The van der Waals surface area contributed by atoms with Crippen LogP contribution >= 0.6 is 0 Å². The van der Waals surface area contributed by atoms with Gasteiger partial charge in [0, 0.05) is 27.1 Å². The van der Waals surface area contributed by atoms with Crippen molar-refractivity contribution in [2.45, 2.75) is 70.2 Å². The molecule has 0 spiro atoms. The van der Waals surface area contributed by atoms with Gasteiger partial charge in [0.15, 0.2) is 17.7 Å². The summed E-state index contributed by atoms with van der Waals surface area (Å²) in [7, 11) is 2.80. The monoisotopic (exact) mass is 318 g/mol. The molecule has 0 rings (SSSR count). The Morgan fingerprint density at radius 1 is 1.14 bits per heavy atom. The van der Waals surface area contributed by atoms with E-state index < -0.39 is 23.8 Å². The second-order valence-corrected chi connectivity index (χ2v) is 5.78. The summed E-state index contributed by atoms with van der Waals surface area (Å²) in [5.74, 6) is 4.23. The Kier molecular flexibility index (Phi) is 9.85. The van der Waals surface area contributed by atoms with Crippen LogP contribution in [0.4, 0.5) is 0 Å². The summed E-state index contributed by atoms with van der Waals surface area (Å²) in [6.45, 7) is 4.74. The number of hydrogen-bond acceptors (Lipinski definition) is 6. The molecule has 0 aromatic heterocycles. The van der Waals surface area contributed by atoms with Crippen molar-refractivity contribution in [1.29, 1.82) is 0 Å². The van der Waals surface area contributed by atoms with E-state index in [9.17, 15) is 15.3 Å². The lowest BCUT2D eigenvalue weighted by atomic mass is 9.96. The Balaban J connectivity index is 4.92. The number of aliphatic hydroxyl groups is 3. The molecule has 0 saturated carbocycles. The van der Waals surface area contributed by atoms with E-state index in [1.807, 2.05) is 0 Å². The van der Waals surface area contributed by atoms with Crippen LogP contribution in [0.15, 0.2) is 0 Å². The lowest BCUT2D eigenvalue weighted by molar-refractivity contribution is -0.212. The van der Waals surface area contributed by atoms with Crippen LogP contribution in [0.2, 0.25) is 0 Å². The fraction of sp³-hybridized carbons (Fsp3) is 0.875. The summed E-state index contributed by atoms with van der Waals surface area (Å²) in [6, 6.07) is 0. The zero-order valence-electron chi connectivity index (χ0n) is 14.3. The van der Waals surface area contributed by atoms with Gasteiger partial charge in [-0.2, -0.15) is 0 Å². The largest absolute Gasteiger partial charge is 0.388 e. The molecular formula is C16H30O6. The zero-order valence-corrected chi connectivity index (χ0v) is 14.3. The van der Waals surface area contributed by atoms with Crippen LogP contribution in [-0.4, -0.2) is 59.9 Å². The molecule has 3 N–H and O–H groups in total. The molecule has 6 heteroatoms. The van der Waals surface area contributed by atoms with Crippen LogP contribution in [0, 0.1) is 11.8 Å². The van der Waals surface area contributed by atoms with Crippen molar-refractivity contribution in [3.8, 4) is 11.8 Å².